The number of aromatic nitrogens is 1. The molecular formula is C21H29F3N4O. The standard InChI is InChI=1S/C21H29F3N4O/c22-21(23,24)16-5-6-20(25-15-16)28-13-11-26(12-14-28)17-7-9-27(10-8-17)18-3-1-2-4-19(18)29/h5-6,15,17-18H,1-4,7-14H2/t18-/m0/s1. The fourth-order valence-corrected chi connectivity index (χ4v) is 4.97. The second kappa shape index (κ2) is 8.60. The molecule has 1 aromatic rings. The molecule has 29 heavy (non-hydrogen) atoms. The molecule has 3 aliphatic rings. The van der Waals surface area contributed by atoms with Crippen LogP contribution in [-0.2, 0) is 11.0 Å². The van der Waals surface area contributed by atoms with E-state index < -0.39 is 11.7 Å². The number of rotatable bonds is 3. The summed E-state index contributed by atoms with van der Waals surface area (Å²) >= 11 is 0. The lowest BCUT2D eigenvalue weighted by Crippen LogP contribution is -2.55. The van der Waals surface area contributed by atoms with E-state index in [0.29, 0.717) is 17.6 Å². The summed E-state index contributed by atoms with van der Waals surface area (Å²) in [6.07, 6.45) is 2.71. The van der Waals surface area contributed by atoms with Gasteiger partial charge in [-0.2, -0.15) is 13.2 Å². The first kappa shape index (κ1) is 20.6. The second-order valence-electron chi connectivity index (χ2n) is 8.42. The number of piperidine rings is 1. The van der Waals surface area contributed by atoms with Gasteiger partial charge in [0.1, 0.15) is 11.6 Å². The quantitative estimate of drug-likeness (QED) is 0.765. The summed E-state index contributed by atoms with van der Waals surface area (Å²) in [4.78, 5) is 23.2. The Kier molecular flexibility index (Phi) is 6.11. The predicted octanol–water partition coefficient (Wildman–Crippen LogP) is 3.20. The van der Waals surface area contributed by atoms with Crippen molar-refractivity contribution in [1.82, 2.24) is 14.8 Å². The van der Waals surface area contributed by atoms with Crippen molar-refractivity contribution in [3.05, 3.63) is 23.9 Å². The van der Waals surface area contributed by atoms with E-state index in [-0.39, 0.29) is 6.04 Å². The van der Waals surface area contributed by atoms with E-state index in [2.05, 4.69) is 19.7 Å². The van der Waals surface area contributed by atoms with E-state index in [1.165, 1.54) is 6.07 Å². The summed E-state index contributed by atoms with van der Waals surface area (Å²) in [7, 11) is 0. The summed E-state index contributed by atoms with van der Waals surface area (Å²) in [5, 5.41) is 0. The van der Waals surface area contributed by atoms with Crippen LogP contribution < -0.4 is 4.90 Å². The SMILES string of the molecule is O=C1CCCC[C@@H]1N1CCC(N2CCN(c3ccc(C(F)(F)F)cn3)CC2)CC1. The van der Waals surface area contributed by atoms with Crippen LogP contribution in [0.3, 0.4) is 0 Å². The third kappa shape index (κ3) is 4.74. The molecule has 1 aliphatic carbocycles. The molecule has 0 spiro atoms. The number of carbonyl (C=O) groups is 1. The number of halogens is 3. The largest absolute Gasteiger partial charge is 0.417 e. The first-order valence-corrected chi connectivity index (χ1v) is 10.7. The molecule has 1 saturated carbocycles. The molecule has 3 heterocycles. The van der Waals surface area contributed by atoms with Crippen molar-refractivity contribution in [2.24, 2.45) is 0 Å². The Morgan fingerprint density at radius 2 is 1.62 bits per heavy atom. The fraction of sp³-hybridized carbons (Fsp3) is 0.714. The average molecular weight is 410 g/mol. The minimum absolute atomic E-state index is 0.146. The van der Waals surface area contributed by atoms with Crippen molar-refractivity contribution in [3.8, 4) is 0 Å². The maximum atomic E-state index is 12.7. The number of Topliss-reactive ketones (excluding diaryl/α,β-unsaturated/α-hetero) is 1. The van der Waals surface area contributed by atoms with Crippen molar-refractivity contribution in [1.29, 1.82) is 0 Å². The molecule has 160 valence electrons. The Morgan fingerprint density at radius 1 is 0.897 bits per heavy atom. The maximum absolute atomic E-state index is 12.7. The van der Waals surface area contributed by atoms with Crippen molar-refractivity contribution in [3.63, 3.8) is 0 Å². The summed E-state index contributed by atoms with van der Waals surface area (Å²) in [5.74, 6) is 1.04. The first-order chi connectivity index (χ1) is 13.9. The lowest BCUT2D eigenvalue weighted by atomic mass is 9.90. The molecule has 4 rings (SSSR count). The lowest BCUT2D eigenvalue weighted by Gasteiger charge is -2.44. The van der Waals surface area contributed by atoms with E-state index in [0.717, 1.165) is 90.1 Å². The van der Waals surface area contributed by atoms with Gasteiger partial charge in [0.2, 0.25) is 0 Å². The third-order valence-electron chi connectivity index (χ3n) is 6.69. The van der Waals surface area contributed by atoms with Gasteiger partial charge in [0.25, 0.3) is 0 Å². The lowest BCUT2D eigenvalue weighted by molar-refractivity contribution is -0.137. The third-order valence-corrected chi connectivity index (χ3v) is 6.69. The van der Waals surface area contributed by atoms with Gasteiger partial charge in [-0.05, 0) is 37.8 Å². The van der Waals surface area contributed by atoms with Crippen molar-refractivity contribution in [2.45, 2.75) is 56.8 Å². The van der Waals surface area contributed by atoms with Gasteiger partial charge < -0.3 is 4.90 Å². The molecule has 0 unspecified atom stereocenters. The Labute approximate surface area is 169 Å². The fourth-order valence-electron chi connectivity index (χ4n) is 4.97. The van der Waals surface area contributed by atoms with Gasteiger partial charge in [0.15, 0.2) is 0 Å². The molecule has 0 radical (unpaired) electrons. The van der Waals surface area contributed by atoms with Gasteiger partial charge in [-0.3, -0.25) is 14.6 Å². The molecular weight excluding hydrogens is 381 g/mol. The predicted molar refractivity (Wildman–Crippen MR) is 105 cm³/mol. The van der Waals surface area contributed by atoms with Crippen LogP contribution in [-0.4, -0.2) is 71.9 Å². The van der Waals surface area contributed by atoms with Crippen LogP contribution in [0, 0.1) is 0 Å². The summed E-state index contributed by atoms with van der Waals surface area (Å²) in [6.45, 7) is 5.33. The van der Waals surface area contributed by atoms with E-state index in [1.54, 1.807) is 0 Å². The number of nitrogens with zero attached hydrogens (tertiary/aromatic N) is 4. The number of ketones is 1. The topological polar surface area (TPSA) is 39.7 Å². The molecule has 3 fully saturated rings. The van der Waals surface area contributed by atoms with Gasteiger partial charge in [-0.1, -0.05) is 6.42 Å². The summed E-state index contributed by atoms with van der Waals surface area (Å²) in [5.41, 5.74) is -0.705. The molecule has 1 atom stereocenters. The number of hydrogen-bond acceptors (Lipinski definition) is 5. The van der Waals surface area contributed by atoms with Crippen molar-refractivity contribution in [2.75, 3.05) is 44.2 Å². The minimum Gasteiger partial charge on any atom is -0.354 e. The molecule has 8 heteroatoms. The summed E-state index contributed by atoms with van der Waals surface area (Å²) in [6, 6.07) is 3.26. The number of alkyl halides is 3. The van der Waals surface area contributed by atoms with Crippen LogP contribution in [0.5, 0.6) is 0 Å². The molecule has 0 amide bonds. The number of likely N-dealkylation sites (tertiary alicyclic amines) is 1. The zero-order valence-electron chi connectivity index (χ0n) is 16.7. The molecule has 0 aromatic carbocycles. The van der Waals surface area contributed by atoms with Gasteiger partial charge in [-0.15, -0.1) is 0 Å². The first-order valence-electron chi connectivity index (χ1n) is 10.7. The van der Waals surface area contributed by atoms with Gasteiger partial charge in [-0.25, -0.2) is 4.98 Å². The molecule has 1 aromatic heterocycles. The highest BCUT2D eigenvalue weighted by molar-refractivity contribution is 5.84. The molecule has 5 nitrogen and oxygen atoms in total. The van der Waals surface area contributed by atoms with E-state index in [1.807, 2.05) is 0 Å². The van der Waals surface area contributed by atoms with E-state index >= 15 is 0 Å². The van der Waals surface area contributed by atoms with Crippen LogP contribution >= 0.6 is 0 Å². The number of hydrogen-bond donors (Lipinski definition) is 0. The molecule has 2 aliphatic heterocycles. The van der Waals surface area contributed by atoms with Crippen LogP contribution in [0.15, 0.2) is 18.3 Å². The second-order valence-corrected chi connectivity index (χ2v) is 8.42. The summed E-state index contributed by atoms with van der Waals surface area (Å²) < 4.78 is 38.1. The molecule has 2 saturated heterocycles. The normalized spacial score (nSPS) is 26.1. The van der Waals surface area contributed by atoms with E-state index in [4.69, 9.17) is 0 Å². The smallest absolute Gasteiger partial charge is 0.354 e. The minimum atomic E-state index is -4.35. The Balaban J connectivity index is 1.25. The Morgan fingerprint density at radius 3 is 2.21 bits per heavy atom. The van der Waals surface area contributed by atoms with Crippen LogP contribution in [0.2, 0.25) is 0 Å². The highest BCUT2D eigenvalue weighted by atomic mass is 19.4. The number of anilines is 1. The zero-order chi connectivity index (χ0) is 20.4. The number of piperazine rings is 1. The molecule has 0 bridgehead atoms. The monoisotopic (exact) mass is 410 g/mol. The van der Waals surface area contributed by atoms with Crippen molar-refractivity contribution < 1.29 is 18.0 Å². The van der Waals surface area contributed by atoms with Gasteiger partial charge >= 0.3 is 6.18 Å². The molecule has 0 N–H and O–H groups in total. The average Bonchev–Trinajstić information content (AvgIpc) is 2.74. The van der Waals surface area contributed by atoms with Gasteiger partial charge in [0, 0.05) is 57.9 Å². The Bertz CT molecular complexity index is 693. The van der Waals surface area contributed by atoms with Crippen LogP contribution in [0.25, 0.3) is 0 Å². The van der Waals surface area contributed by atoms with Crippen LogP contribution in [0.1, 0.15) is 44.1 Å². The number of carbonyl (C=O) groups excluding carboxylic acids is 1. The Hall–Kier alpha value is -1.67. The highest BCUT2D eigenvalue weighted by Gasteiger charge is 2.34. The zero-order valence-corrected chi connectivity index (χ0v) is 16.7. The van der Waals surface area contributed by atoms with Gasteiger partial charge in [0.05, 0.1) is 11.6 Å². The number of pyridine rings is 1. The van der Waals surface area contributed by atoms with Crippen LogP contribution in [0.4, 0.5) is 19.0 Å². The van der Waals surface area contributed by atoms with Crippen molar-refractivity contribution >= 4 is 11.6 Å². The van der Waals surface area contributed by atoms with E-state index in [9.17, 15) is 18.0 Å². The maximum Gasteiger partial charge on any atom is 0.417 e. The highest BCUT2D eigenvalue weighted by Crippen LogP contribution is 2.30.